The maximum absolute atomic E-state index is 6.08. The van der Waals surface area contributed by atoms with E-state index in [2.05, 4.69) is 0 Å². The van der Waals surface area contributed by atoms with Gasteiger partial charge in [-0.1, -0.05) is 47.5 Å². The molecule has 0 N–H and O–H groups in total. The first kappa shape index (κ1) is 12.3. The molecule has 0 atom stereocenters. The molecule has 0 bridgehead atoms. The molecule has 17 heavy (non-hydrogen) atoms. The summed E-state index contributed by atoms with van der Waals surface area (Å²) in [7, 11) is 0. The van der Waals surface area contributed by atoms with E-state index >= 15 is 0 Å². The van der Waals surface area contributed by atoms with Crippen molar-refractivity contribution < 1.29 is 4.74 Å². The highest BCUT2D eigenvalue weighted by Crippen LogP contribution is 2.26. The molecule has 0 spiro atoms. The van der Waals surface area contributed by atoms with Crippen molar-refractivity contribution in [3.63, 3.8) is 0 Å². The van der Waals surface area contributed by atoms with Gasteiger partial charge >= 0.3 is 0 Å². The van der Waals surface area contributed by atoms with Gasteiger partial charge in [-0.3, -0.25) is 0 Å². The molecule has 0 fully saturated rings. The Morgan fingerprint density at radius 1 is 1.06 bits per heavy atom. The molecule has 0 radical (unpaired) electrons. The van der Waals surface area contributed by atoms with Crippen molar-refractivity contribution in [2.75, 3.05) is 0 Å². The number of halogens is 2. The maximum Gasteiger partial charge on any atom is 0.120 e. The fourth-order valence-electron chi connectivity index (χ4n) is 1.53. The van der Waals surface area contributed by atoms with Crippen LogP contribution in [0.5, 0.6) is 5.75 Å². The van der Waals surface area contributed by atoms with Crippen LogP contribution in [0.15, 0.2) is 42.5 Å². The Morgan fingerprint density at radius 2 is 1.82 bits per heavy atom. The summed E-state index contributed by atoms with van der Waals surface area (Å²) in [5.74, 6) is 0.834. The Balaban J connectivity index is 2.10. The van der Waals surface area contributed by atoms with E-state index < -0.39 is 0 Å². The molecule has 0 aliphatic rings. The van der Waals surface area contributed by atoms with E-state index in [0.29, 0.717) is 16.7 Å². The van der Waals surface area contributed by atoms with E-state index in [1.165, 1.54) is 5.56 Å². The van der Waals surface area contributed by atoms with Gasteiger partial charge in [0.15, 0.2) is 0 Å². The topological polar surface area (TPSA) is 9.23 Å². The third kappa shape index (κ3) is 3.15. The number of rotatable bonds is 3. The van der Waals surface area contributed by atoms with Crippen LogP contribution < -0.4 is 4.74 Å². The summed E-state index contributed by atoms with van der Waals surface area (Å²) in [4.78, 5) is 0. The lowest BCUT2D eigenvalue weighted by molar-refractivity contribution is 0.306. The molecule has 1 nitrogen and oxygen atoms in total. The number of hydrogen-bond acceptors (Lipinski definition) is 1. The molecular formula is C14H12Cl2O. The van der Waals surface area contributed by atoms with Crippen molar-refractivity contribution in [3.05, 3.63) is 63.6 Å². The lowest BCUT2D eigenvalue weighted by atomic mass is 10.2. The van der Waals surface area contributed by atoms with E-state index in [-0.39, 0.29) is 0 Å². The van der Waals surface area contributed by atoms with Gasteiger partial charge in [0.1, 0.15) is 12.4 Å². The molecule has 2 rings (SSSR count). The molecule has 0 aliphatic carbocycles. The van der Waals surface area contributed by atoms with Gasteiger partial charge in [-0.15, -0.1) is 0 Å². The Morgan fingerprint density at radius 3 is 2.59 bits per heavy atom. The van der Waals surface area contributed by atoms with Gasteiger partial charge in [0.05, 0.1) is 10.0 Å². The second-order valence-corrected chi connectivity index (χ2v) is 4.60. The minimum absolute atomic E-state index is 0.419. The SMILES string of the molecule is Cc1cccc(OCc2cccc(Cl)c2Cl)c1. The highest BCUT2D eigenvalue weighted by molar-refractivity contribution is 6.42. The van der Waals surface area contributed by atoms with Crippen molar-refractivity contribution in [1.82, 2.24) is 0 Å². The standard InChI is InChI=1S/C14H12Cl2O/c1-10-4-2-6-12(8-10)17-9-11-5-3-7-13(15)14(11)16/h2-8H,9H2,1H3. The summed E-state index contributed by atoms with van der Waals surface area (Å²) in [6.07, 6.45) is 0. The molecule has 2 aromatic carbocycles. The van der Waals surface area contributed by atoms with Crippen LogP contribution in [0.2, 0.25) is 10.0 Å². The zero-order valence-electron chi connectivity index (χ0n) is 9.41. The molecule has 0 saturated carbocycles. The monoisotopic (exact) mass is 266 g/mol. The molecular weight excluding hydrogens is 255 g/mol. The van der Waals surface area contributed by atoms with E-state index in [9.17, 15) is 0 Å². The van der Waals surface area contributed by atoms with Gasteiger partial charge in [0.2, 0.25) is 0 Å². The van der Waals surface area contributed by atoms with Gasteiger partial charge < -0.3 is 4.74 Å². The predicted octanol–water partition coefficient (Wildman–Crippen LogP) is 4.88. The largest absolute Gasteiger partial charge is 0.489 e. The summed E-state index contributed by atoms with van der Waals surface area (Å²) in [6, 6.07) is 13.4. The van der Waals surface area contributed by atoms with Crippen molar-refractivity contribution >= 4 is 23.2 Å². The lowest BCUT2D eigenvalue weighted by Gasteiger charge is -2.09. The zero-order valence-corrected chi connectivity index (χ0v) is 10.9. The summed E-state index contributed by atoms with van der Waals surface area (Å²) in [5, 5.41) is 1.11. The van der Waals surface area contributed by atoms with Crippen LogP contribution in [0.25, 0.3) is 0 Å². The molecule has 2 aromatic rings. The summed E-state index contributed by atoms with van der Waals surface area (Å²) in [6.45, 7) is 2.45. The lowest BCUT2D eigenvalue weighted by Crippen LogP contribution is -1.96. The quantitative estimate of drug-likeness (QED) is 0.770. The van der Waals surface area contributed by atoms with Crippen molar-refractivity contribution in [1.29, 1.82) is 0 Å². The van der Waals surface area contributed by atoms with E-state index in [1.54, 1.807) is 6.07 Å². The smallest absolute Gasteiger partial charge is 0.120 e. The Labute approximate surface area is 111 Å². The second kappa shape index (κ2) is 5.44. The van der Waals surface area contributed by atoms with Crippen LogP contribution in [-0.4, -0.2) is 0 Å². The van der Waals surface area contributed by atoms with Gasteiger partial charge in [-0.25, -0.2) is 0 Å². The van der Waals surface area contributed by atoms with Crippen molar-refractivity contribution in [2.45, 2.75) is 13.5 Å². The zero-order chi connectivity index (χ0) is 12.3. The minimum Gasteiger partial charge on any atom is -0.489 e. The third-order valence-electron chi connectivity index (χ3n) is 2.42. The highest BCUT2D eigenvalue weighted by Gasteiger charge is 2.04. The first-order chi connectivity index (χ1) is 8.16. The van der Waals surface area contributed by atoms with Gasteiger partial charge in [0.25, 0.3) is 0 Å². The average molecular weight is 267 g/mol. The first-order valence-electron chi connectivity index (χ1n) is 5.29. The van der Waals surface area contributed by atoms with Gasteiger partial charge in [-0.2, -0.15) is 0 Å². The van der Waals surface area contributed by atoms with Crippen LogP contribution in [0.1, 0.15) is 11.1 Å². The molecule has 0 heterocycles. The minimum atomic E-state index is 0.419. The van der Waals surface area contributed by atoms with Crippen LogP contribution >= 0.6 is 23.2 Å². The number of hydrogen-bond donors (Lipinski definition) is 0. The van der Waals surface area contributed by atoms with E-state index in [0.717, 1.165) is 11.3 Å². The fourth-order valence-corrected chi connectivity index (χ4v) is 1.90. The molecule has 0 aromatic heterocycles. The highest BCUT2D eigenvalue weighted by atomic mass is 35.5. The summed E-state index contributed by atoms with van der Waals surface area (Å²) >= 11 is 12.0. The Kier molecular flexibility index (Phi) is 3.93. The van der Waals surface area contributed by atoms with E-state index in [1.807, 2.05) is 43.3 Å². The molecule has 0 saturated heterocycles. The number of ether oxygens (including phenoxy) is 1. The summed E-state index contributed by atoms with van der Waals surface area (Å²) < 4.78 is 5.67. The van der Waals surface area contributed by atoms with Crippen molar-refractivity contribution in [2.24, 2.45) is 0 Å². The molecule has 0 unspecified atom stereocenters. The second-order valence-electron chi connectivity index (χ2n) is 3.82. The average Bonchev–Trinajstić information content (AvgIpc) is 2.31. The van der Waals surface area contributed by atoms with Crippen molar-refractivity contribution in [3.8, 4) is 5.75 Å². The Bertz CT molecular complexity index is 523. The summed E-state index contributed by atoms with van der Waals surface area (Å²) in [5.41, 5.74) is 2.06. The van der Waals surface area contributed by atoms with Crippen LogP contribution in [-0.2, 0) is 6.61 Å². The normalized spacial score (nSPS) is 10.3. The van der Waals surface area contributed by atoms with Gasteiger partial charge in [0, 0.05) is 5.56 Å². The predicted molar refractivity (Wildman–Crippen MR) is 72.0 cm³/mol. The molecule has 3 heteroatoms. The first-order valence-corrected chi connectivity index (χ1v) is 6.05. The van der Waals surface area contributed by atoms with Crippen LogP contribution in [0, 0.1) is 6.92 Å². The number of aryl methyl sites for hydroxylation is 1. The molecule has 0 aliphatic heterocycles. The third-order valence-corrected chi connectivity index (χ3v) is 3.27. The Hall–Kier alpha value is -1.18. The fraction of sp³-hybridized carbons (Fsp3) is 0.143. The van der Waals surface area contributed by atoms with Crippen LogP contribution in [0.3, 0.4) is 0 Å². The van der Waals surface area contributed by atoms with E-state index in [4.69, 9.17) is 27.9 Å². The maximum atomic E-state index is 6.08. The van der Waals surface area contributed by atoms with Gasteiger partial charge in [-0.05, 0) is 30.7 Å². The molecule has 88 valence electrons. The number of benzene rings is 2. The molecule has 0 amide bonds. The van der Waals surface area contributed by atoms with Crippen LogP contribution in [0.4, 0.5) is 0 Å².